The fraction of sp³-hybridized carbons (Fsp3) is 0.500. The normalized spacial score (nSPS) is 21.1. The second-order valence-electron chi connectivity index (χ2n) is 5.50. The van der Waals surface area contributed by atoms with Crippen LogP contribution in [0.1, 0.15) is 42.1 Å². The summed E-state index contributed by atoms with van der Waals surface area (Å²) in [6, 6.07) is 4.56. The van der Waals surface area contributed by atoms with E-state index in [0.29, 0.717) is 6.42 Å². The molecule has 1 saturated heterocycles. The summed E-state index contributed by atoms with van der Waals surface area (Å²) >= 11 is 0. The summed E-state index contributed by atoms with van der Waals surface area (Å²) in [6.07, 6.45) is 0.429. The van der Waals surface area contributed by atoms with Crippen molar-refractivity contribution >= 4 is 15.7 Å². The molecule has 1 aliphatic rings. The van der Waals surface area contributed by atoms with Crippen molar-refractivity contribution in [2.45, 2.75) is 32.2 Å². The monoisotopic (exact) mass is 297 g/mol. The smallest absolute Gasteiger partial charge is 0.255 e. The van der Waals surface area contributed by atoms with Crippen LogP contribution in [0.2, 0.25) is 0 Å². The molecule has 1 aromatic carbocycles. The van der Waals surface area contributed by atoms with Gasteiger partial charge in [-0.25, -0.2) is 8.42 Å². The molecule has 0 radical (unpaired) electrons. The van der Waals surface area contributed by atoms with Crippen molar-refractivity contribution in [3.05, 3.63) is 29.3 Å². The molecule has 1 fully saturated rings. The Morgan fingerprint density at radius 2 is 2.10 bits per heavy atom. The van der Waals surface area contributed by atoms with E-state index in [9.17, 15) is 18.3 Å². The first-order chi connectivity index (χ1) is 9.28. The number of aromatic hydroxyl groups is 1. The second-order valence-corrected chi connectivity index (χ2v) is 7.73. The molecule has 20 heavy (non-hydrogen) atoms. The minimum Gasteiger partial charge on any atom is -0.507 e. The fourth-order valence-corrected chi connectivity index (χ4v) is 3.94. The Bertz CT molecular complexity index is 622. The van der Waals surface area contributed by atoms with Crippen molar-refractivity contribution in [1.29, 1.82) is 0 Å². The van der Waals surface area contributed by atoms with Crippen LogP contribution in [0.5, 0.6) is 5.75 Å². The predicted molar refractivity (Wildman–Crippen MR) is 76.7 cm³/mol. The Hall–Kier alpha value is -1.56. The van der Waals surface area contributed by atoms with Crippen LogP contribution < -0.4 is 5.32 Å². The summed E-state index contributed by atoms with van der Waals surface area (Å²) in [4.78, 5) is 12.1. The van der Waals surface area contributed by atoms with Crippen molar-refractivity contribution in [3.63, 3.8) is 0 Å². The molecule has 1 atom stereocenters. The number of hydrogen-bond donors (Lipinski definition) is 2. The zero-order valence-electron chi connectivity index (χ0n) is 11.6. The Kier molecular flexibility index (Phi) is 4.04. The third kappa shape index (κ3) is 3.30. The molecule has 1 aromatic rings. The SMILES string of the molecule is CC(C)c1ccc(O)c(C(=O)N[C@H]2CCS(=O)(=O)C2)c1. The Morgan fingerprint density at radius 3 is 2.65 bits per heavy atom. The van der Waals surface area contributed by atoms with Gasteiger partial charge in [-0.2, -0.15) is 0 Å². The third-order valence-corrected chi connectivity index (χ3v) is 5.27. The molecule has 1 amide bonds. The number of phenols is 1. The standard InChI is InChI=1S/C14H19NO4S/c1-9(2)10-3-4-13(16)12(7-10)14(17)15-11-5-6-20(18,19)8-11/h3-4,7,9,11,16H,5-6,8H2,1-2H3,(H,15,17)/t11-/m0/s1. The molecule has 0 unspecified atom stereocenters. The lowest BCUT2D eigenvalue weighted by atomic mass is 10.00. The number of benzene rings is 1. The lowest BCUT2D eigenvalue weighted by molar-refractivity contribution is 0.0938. The molecule has 6 heteroatoms. The zero-order valence-corrected chi connectivity index (χ0v) is 12.4. The summed E-state index contributed by atoms with van der Waals surface area (Å²) in [7, 11) is -3.03. The van der Waals surface area contributed by atoms with Crippen molar-refractivity contribution in [2.75, 3.05) is 11.5 Å². The number of carbonyl (C=O) groups is 1. The van der Waals surface area contributed by atoms with Crippen LogP contribution >= 0.6 is 0 Å². The van der Waals surface area contributed by atoms with Gasteiger partial charge < -0.3 is 10.4 Å². The van der Waals surface area contributed by atoms with Gasteiger partial charge in [0.15, 0.2) is 9.84 Å². The lowest BCUT2D eigenvalue weighted by Crippen LogP contribution is -2.35. The van der Waals surface area contributed by atoms with Gasteiger partial charge in [0.25, 0.3) is 5.91 Å². The van der Waals surface area contributed by atoms with Gasteiger partial charge in [0.05, 0.1) is 17.1 Å². The van der Waals surface area contributed by atoms with E-state index in [4.69, 9.17) is 0 Å². The molecular weight excluding hydrogens is 278 g/mol. The molecule has 2 rings (SSSR count). The molecule has 5 nitrogen and oxygen atoms in total. The first kappa shape index (κ1) is 14.8. The highest BCUT2D eigenvalue weighted by molar-refractivity contribution is 7.91. The van der Waals surface area contributed by atoms with E-state index in [2.05, 4.69) is 5.32 Å². The number of sulfone groups is 1. The number of rotatable bonds is 3. The average Bonchev–Trinajstić information content (AvgIpc) is 2.68. The summed E-state index contributed by atoms with van der Waals surface area (Å²) in [5, 5.41) is 12.5. The Balaban J connectivity index is 2.15. The van der Waals surface area contributed by atoms with E-state index in [-0.39, 0.29) is 34.8 Å². The number of nitrogens with one attached hydrogen (secondary N) is 1. The second kappa shape index (κ2) is 5.44. The fourth-order valence-electron chi connectivity index (χ4n) is 2.27. The topological polar surface area (TPSA) is 83.5 Å². The van der Waals surface area contributed by atoms with Crippen molar-refractivity contribution < 1.29 is 18.3 Å². The van der Waals surface area contributed by atoms with Crippen LogP contribution in [-0.4, -0.2) is 37.0 Å². The summed E-state index contributed by atoms with van der Waals surface area (Å²) in [6.45, 7) is 4.00. The molecule has 0 aromatic heterocycles. The zero-order chi connectivity index (χ0) is 14.9. The molecule has 1 aliphatic heterocycles. The van der Waals surface area contributed by atoms with E-state index in [0.717, 1.165) is 5.56 Å². The molecule has 0 aliphatic carbocycles. The third-order valence-electron chi connectivity index (χ3n) is 3.50. The Morgan fingerprint density at radius 1 is 1.40 bits per heavy atom. The van der Waals surface area contributed by atoms with Gasteiger partial charge in [0.1, 0.15) is 5.75 Å². The van der Waals surface area contributed by atoms with Crippen molar-refractivity contribution in [2.24, 2.45) is 0 Å². The maximum Gasteiger partial charge on any atom is 0.255 e. The van der Waals surface area contributed by atoms with Gasteiger partial charge in [-0.1, -0.05) is 19.9 Å². The summed E-state index contributed by atoms with van der Waals surface area (Å²) in [5.41, 5.74) is 1.15. The minimum absolute atomic E-state index is 0.0244. The van der Waals surface area contributed by atoms with Crippen LogP contribution in [0.15, 0.2) is 18.2 Å². The van der Waals surface area contributed by atoms with E-state index < -0.39 is 15.7 Å². The van der Waals surface area contributed by atoms with Crippen molar-refractivity contribution in [1.82, 2.24) is 5.32 Å². The molecule has 1 heterocycles. The maximum absolute atomic E-state index is 12.1. The highest BCUT2D eigenvalue weighted by atomic mass is 32.2. The Labute approximate surface area is 118 Å². The molecule has 110 valence electrons. The van der Waals surface area contributed by atoms with Crippen LogP contribution in [0.4, 0.5) is 0 Å². The predicted octanol–water partition coefficient (Wildman–Crippen LogP) is 1.43. The van der Waals surface area contributed by atoms with Gasteiger partial charge in [-0.05, 0) is 30.0 Å². The molecular formula is C14H19NO4S. The van der Waals surface area contributed by atoms with Crippen LogP contribution in [0.25, 0.3) is 0 Å². The van der Waals surface area contributed by atoms with Gasteiger partial charge in [-0.15, -0.1) is 0 Å². The first-order valence-corrected chi connectivity index (χ1v) is 8.45. The van der Waals surface area contributed by atoms with Gasteiger partial charge >= 0.3 is 0 Å². The quantitative estimate of drug-likeness (QED) is 0.884. The minimum atomic E-state index is -3.03. The first-order valence-electron chi connectivity index (χ1n) is 6.62. The summed E-state index contributed by atoms with van der Waals surface area (Å²) in [5.74, 6) is -0.187. The van der Waals surface area contributed by atoms with E-state index in [1.165, 1.54) is 6.07 Å². The number of carbonyl (C=O) groups excluding carboxylic acids is 1. The van der Waals surface area contributed by atoms with E-state index >= 15 is 0 Å². The maximum atomic E-state index is 12.1. The molecule has 2 N–H and O–H groups in total. The van der Waals surface area contributed by atoms with Gasteiger partial charge in [0.2, 0.25) is 0 Å². The number of phenolic OH excluding ortho intramolecular Hbond substituents is 1. The molecule has 0 saturated carbocycles. The van der Waals surface area contributed by atoms with E-state index in [1.54, 1.807) is 12.1 Å². The van der Waals surface area contributed by atoms with Crippen LogP contribution in [0.3, 0.4) is 0 Å². The van der Waals surface area contributed by atoms with Crippen LogP contribution in [0, 0.1) is 0 Å². The lowest BCUT2D eigenvalue weighted by Gasteiger charge is -2.13. The molecule has 0 spiro atoms. The van der Waals surface area contributed by atoms with Crippen molar-refractivity contribution in [3.8, 4) is 5.75 Å². The highest BCUT2D eigenvalue weighted by Crippen LogP contribution is 2.23. The number of amides is 1. The largest absolute Gasteiger partial charge is 0.507 e. The van der Waals surface area contributed by atoms with E-state index in [1.807, 2.05) is 13.8 Å². The van der Waals surface area contributed by atoms with Gasteiger partial charge in [-0.3, -0.25) is 4.79 Å². The highest BCUT2D eigenvalue weighted by Gasteiger charge is 2.29. The average molecular weight is 297 g/mol. The summed E-state index contributed by atoms with van der Waals surface area (Å²) < 4.78 is 22.7. The number of hydrogen-bond acceptors (Lipinski definition) is 4. The van der Waals surface area contributed by atoms with Gasteiger partial charge in [0, 0.05) is 6.04 Å². The molecule has 0 bridgehead atoms. The van der Waals surface area contributed by atoms with Crippen LogP contribution in [-0.2, 0) is 9.84 Å².